The van der Waals surface area contributed by atoms with Gasteiger partial charge in [0.2, 0.25) is 10.0 Å². The summed E-state index contributed by atoms with van der Waals surface area (Å²) in [5.41, 5.74) is 1.78. The maximum absolute atomic E-state index is 13.3. The van der Waals surface area contributed by atoms with Crippen LogP contribution in [0.5, 0.6) is 0 Å². The number of sulfonamides is 1. The number of aromatic nitrogens is 2. The molecule has 0 saturated heterocycles. The SMILES string of the molecule is O=S(=O)(c1cccc(Cl)c1)N1CCn2cccc2C1c1cccnc1. The second-order valence-electron chi connectivity index (χ2n) is 5.89. The molecule has 0 fully saturated rings. The van der Waals surface area contributed by atoms with Crippen molar-refractivity contribution < 1.29 is 8.42 Å². The molecule has 7 heteroatoms. The van der Waals surface area contributed by atoms with Gasteiger partial charge in [-0.15, -0.1) is 0 Å². The maximum Gasteiger partial charge on any atom is 0.244 e. The topological polar surface area (TPSA) is 55.2 Å². The minimum Gasteiger partial charge on any atom is -0.348 e. The van der Waals surface area contributed by atoms with Gasteiger partial charge in [-0.25, -0.2) is 8.42 Å². The van der Waals surface area contributed by atoms with Crippen LogP contribution in [0.1, 0.15) is 17.3 Å². The summed E-state index contributed by atoms with van der Waals surface area (Å²) in [6, 6.07) is 13.6. The molecule has 0 bridgehead atoms. The Balaban J connectivity index is 1.86. The Morgan fingerprint density at radius 2 is 1.96 bits per heavy atom. The Morgan fingerprint density at radius 3 is 2.72 bits per heavy atom. The van der Waals surface area contributed by atoms with Crippen molar-refractivity contribution in [1.29, 1.82) is 0 Å². The smallest absolute Gasteiger partial charge is 0.244 e. The monoisotopic (exact) mass is 373 g/mol. The van der Waals surface area contributed by atoms with Gasteiger partial charge in [-0.1, -0.05) is 23.7 Å². The van der Waals surface area contributed by atoms with Crippen molar-refractivity contribution in [2.24, 2.45) is 0 Å². The van der Waals surface area contributed by atoms with Gasteiger partial charge < -0.3 is 4.57 Å². The molecule has 1 aliphatic heterocycles. The van der Waals surface area contributed by atoms with E-state index in [4.69, 9.17) is 11.6 Å². The van der Waals surface area contributed by atoms with Gasteiger partial charge in [0.25, 0.3) is 0 Å². The molecule has 0 aliphatic carbocycles. The Hall–Kier alpha value is -2.15. The predicted molar refractivity (Wildman–Crippen MR) is 95.9 cm³/mol. The van der Waals surface area contributed by atoms with E-state index in [1.54, 1.807) is 30.6 Å². The average molecular weight is 374 g/mol. The quantitative estimate of drug-likeness (QED) is 0.707. The molecule has 2 aromatic heterocycles. The third-order valence-electron chi connectivity index (χ3n) is 4.40. The normalized spacial score (nSPS) is 18.0. The van der Waals surface area contributed by atoms with Gasteiger partial charge in [0.1, 0.15) is 0 Å². The minimum absolute atomic E-state index is 0.203. The number of halogens is 1. The third-order valence-corrected chi connectivity index (χ3v) is 6.49. The molecular formula is C18H16ClN3O2S. The molecule has 0 spiro atoms. The molecular weight excluding hydrogens is 358 g/mol. The van der Waals surface area contributed by atoms with Crippen molar-refractivity contribution >= 4 is 21.6 Å². The highest BCUT2D eigenvalue weighted by molar-refractivity contribution is 7.89. The first-order valence-corrected chi connectivity index (χ1v) is 9.71. The van der Waals surface area contributed by atoms with E-state index in [-0.39, 0.29) is 4.90 Å². The van der Waals surface area contributed by atoms with Crippen molar-refractivity contribution in [3.05, 3.63) is 83.4 Å². The molecule has 5 nitrogen and oxygen atoms in total. The van der Waals surface area contributed by atoms with Crippen LogP contribution >= 0.6 is 11.6 Å². The van der Waals surface area contributed by atoms with Crippen LogP contribution < -0.4 is 0 Å². The molecule has 1 unspecified atom stereocenters. The number of pyridine rings is 1. The van der Waals surface area contributed by atoms with Crippen LogP contribution in [0.25, 0.3) is 0 Å². The molecule has 0 radical (unpaired) electrons. The van der Waals surface area contributed by atoms with Crippen molar-refractivity contribution in [3.63, 3.8) is 0 Å². The lowest BCUT2D eigenvalue weighted by molar-refractivity contribution is 0.298. The van der Waals surface area contributed by atoms with Gasteiger partial charge in [0.15, 0.2) is 0 Å². The molecule has 1 atom stereocenters. The van der Waals surface area contributed by atoms with Gasteiger partial charge in [0.05, 0.1) is 10.9 Å². The highest BCUT2D eigenvalue weighted by Gasteiger charge is 2.37. The largest absolute Gasteiger partial charge is 0.348 e. The average Bonchev–Trinajstić information content (AvgIpc) is 3.10. The number of nitrogens with zero attached hydrogens (tertiary/aromatic N) is 3. The molecule has 128 valence electrons. The Labute approximate surface area is 151 Å². The fraction of sp³-hybridized carbons (Fsp3) is 0.167. The Morgan fingerprint density at radius 1 is 1.08 bits per heavy atom. The van der Waals surface area contributed by atoms with E-state index in [0.29, 0.717) is 18.1 Å². The van der Waals surface area contributed by atoms with Gasteiger partial charge in [0, 0.05) is 42.4 Å². The van der Waals surface area contributed by atoms with E-state index < -0.39 is 16.1 Å². The van der Waals surface area contributed by atoms with E-state index in [1.165, 1.54) is 10.4 Å². The van der Waals surface area contributed by atoms with Crippen molar-refractivity contribution in [3.8, 4) is 0 Å². The summed E-state index contributed by atoms with van der Waals surface area (Å²) < 4.78 is 30.2. The van der Waals surface area contributed by atoms with Crippen LogP contribution in [-0.2, 0) is 16.6 Å². The molecule has 0 saturated carbocycles. The molecule has 0 N–H and O–H groups in total. The lowest BCUT2D eigenvalue weighted by Crippen LogP contribution is -2.42. The lowest BCUT2D eigenvalue weighted by Gasteiger charge is -2.36. The summed E-state index contributed by atoms with van der Waals surface area (Å²) in [5.74, 6) is 0. The number of hydrogen-bond acceptors (Lipinski definition) is 3. The molecule has 25 heavy (non-hydrogen) atoms. The van der Waals surface area contributed by atoms with Gasteiger partial charge in [-0.2, -0.15) is 4.31 Å². The summed E-state index contributed by atoms with van der Waals surface area (Å²) in [6.45, 7) is 0.995. The maximum atomic E-state index is 13.3. The molecule has 0 amide bonds. The summed E-state index contributed by atoms with van der Waals surface area (Å²) >= 11 is 6.01. The highest BCUT2D eigenvalue weighted by atomic mass is 35.5. The Bertz CT molecular complexity index is 1000. The zero-order valence-electron chi connectivity index (χ0n) is 13.3. The van der Waals surface area contributed by atoms with Gasteiger partial charge in [-0.05, 0) is 42.0 Å². The van der Waals surface area contributed by atoms with Crippen molar-refractivity contribution in [2.75, 3.05) is 6.54 Å². The number of fused-ring (bicyclic) bond motifs is 1. The zero-order valence-corrected chi connectivity index (χ0v) is 14.9. The standard InChI is InChI=1S/C18H16ClN3O2S/c19-15-5-1-6-16(12-15)25(23,24)22-11-10-21-9-3-7-17(21)18(22)14-4-2-8-20-13-14/h1-9,12-13,18H,10-11H2. The van der Waals surface area contributed by atoms with Gasteiger partial charge >= 0.3 is 0 Å². The molecule has 3 heterocycles. The van der Waals surface area contributed by atoms with Crippen LogP contribution in [0.4, 0.5) is 0 Å². The molecule has 4 rings (SSSR count). The predicted octanol–water partition coefficient (Wildman–Crippen LogP) is 3.33. The highest BCUT2D eigenvalue weighted by Crippen LogP contribution is 2.36. The first-order chi connectivity index (χ1) is 12.1. The van der Waals surface area contributed by atoms with E-state index in [0.717, 1.165) is 11.3 Å². The fourth-order valence-electron chi connectivity index (χ4n) is 3.26. The molecule has 1 aliphatic rings. The molecule has 1 aromatic carbocycles. The van der Waals surface area contributed by atoms with Crippen LogP contribution in [0.15, 0.2) is 72.0 Å². The second kappa shape index (κ2) is 6.29. The van der Waals surface area contributed by atoms with E-state index in [9.17, 15) is 8.42 Å². The third kappa shape index (κ3) is 2.86. The van der Waals surface area contributed by atoms with Crippen LogP contribution in [0.2, 0.25) is 5.02 Å². The summed E-state index contributed by atoms with van der Waals surface area (Å²) in [5, 5.41) is 0.402. The van der Waals surface area contributed by atoms with Crippen molar-refractivity contribution in [2.45, 2.75) is 17.5 Å². The van der Waals surface area contributed by atoms with Crippen molar-refractivity contribution in [1.82, 2.24) is 13.9 Å². The summed E-state index contributed by atoms with van der Waals surface area (Å²) in [6.07, 6.45) is 5.37. The lowest BCUT2D eigenvalue weighted by atomic mass is 10.0. The first-order valence-electron chi connectivity index (χ1n) is 7.90. The second-order valence-corrected chi connectivity index (χ2v) is 8.22. The van der Waals surface area contributed by atoms with E-state index in [2.05, 4.69) is 9.55 Å². The van der Waals surface area contributed by atoms with Crippen LogP contribution in [-0.4, -0.2) is 28.8 Å². The summed E-state index contributed by atoms with van der Waals surface area (Å²) in [7, 11) is -3.69. The summed E-state index contributed by atoms with van der Waals surface area (Å²) in [4.78, 5) is 4.37. The van der Waals surface area contributed by atoms with Gasteiger partial charge in [-0.3, -0.25) is 4.98 Å². The van der Waals surface area contributed by atoms with E-state index in [1.807, 2.05) is 30.5 Å². The zero-order chi connectivity index (χ0) is 17.4. The number of rotatable bonds is 3. The fourth-order valence-corrected chi connectivity index (χ4v) is 5.14. The Kier molecular flexibility index (Phi) is 4.11. The number of benzene rings is 1. The van der Waals surface area contributed by atoms with E-state index >= 15 is 0 Å². The number of hydrogen-bond donors (Lipinski definition) is 0. The van der Waals surface area contributed by atoms with Crippen LogP contribution in [0.3, 0.4) is 0 Å². The molecule has 3 aromatic rings. The van der Waals surface area contributed by atoms with Crippen LogP contribution in [0, 0.1) is 0 Å². The minimum atomic E-state index is -3.69. The first kappa shape index (κ1) is 16.3.